The van der Waals surface area contributed by atoms with Crippen LogP contribution in [0.25, 0.3) is 0 Å². The van der Waals surface area contributed by atoms with Gasteiger partial charge < -0.3 is 11.1 Å². The lowest BCUT2D eigenvalue weighted by Crippen LogP contribution is -2.35. The Balaban J connectivity index is 2.21. The van der Waals surface area contributed by atoms with Crippen LogP contribution in [-0.4, -0.2) is 12.6 Å². The van der Waals surface area contributed by atoms with Crippen molar-refractivity contribution in [2.75, 3.05) is 6.54 Å². The van der Waals surface area contributed by atoms with Gasteiger partial charge in [0.05, 0.1) is 0 Å². The number of hydrogen-bond donors (Lipinski definition) is 2. The van der Waals surface area contributed by atoms with Crippen molar-refractivity contribution in [2.45, 2.75) is 39.5 Å². The summed E-state index contributed by atoms with van der Waals surface area (Å²) >= 11 is 0. The molecule has 0 spiro atoms. The summed E-state index contributed by atoms with van der Waals surface area (Å²) in [5.74, 6) is 0.639. The third-order valence-electron chi connectivity index (χ3n) is 3.02. The van der Waals surface area contributed by atoms with Crippen molar-refractivity contribution in [3.63, 3.8) is 0 Å². The summed E-state index contributed by atoms with van der Waals surface area (Å²) in [5.41, 5.74) is 5.52. The van der Waals surface area contributed by atoms with Crippen LogP contribution in [0, 0.1) is 11.3 Å². The summed E-state index contributed by atoms with van der Waals surface area (Å²) in [4.78, 5) is 10.5. The van der Waals surface area contributed by atoms with E-state index in [2.05, 4.69) is 19.2 Å². The molecule has 1 aliphatic carbocycles. The lowest BCUT2D eigenvalue weighted by Gasteiger charge is -2.34. The number of rotatable bonds is 2. The van der Waals surface area contributed by atoms with Crippen LogP contribution in [0.4, 0.5) is 4.79 Å². The van der Waals surface area contributed by atoms with Gasteiger partial charge in [-0.3, -0.25) is 0 Å². The Morgan fingerprint density at radius 3 is 2.46 bits per heavy atom. The Morgan fingerprint density at radius 1 is 1.46 bits per heavy atom. The lowest BCUT2D eigenvalue weighted by molar-refractivity contribution is 0.188. The molecule has 2 amide bonds. The van der Waals surface area contributed by atoms with Crippen molar-refractivity contribution in [1.82, 2.24) is 5.32 Å². The molecule has 76 valence electrons. The molecule has 13 heavy (non-hydrogen) atoms. The first-order valence-corrected chi connectivity index (χ1v) is 5.03. The normalized spacial score (nSPS) is 22.6. The largest absolute Gasteiger partial charge is 0.352 e. The summed E-state index contributed by atoms with van der Waals surface area (Å²) in [6.07, 6.45) is 4.96. The second-order valence-electron chi connectivity index (χ2n) is 4.85. The van der Waals surface area contributed by atoms with Crippen molar-refractivity contribution in [2.24, 2.45) is 17.1 Å². The number of nitrogens with two attached hydrogens (primary N) is 1. The van der Waals surface area contributed by atoms with Crippen LogP contribution in [0.1, 0.15) is 39.5 Å². The van der Waals surface area contributed by atoms with Crippen LogP contribution in [0.5, 0.6) is 0 Å². The molecule has 0 unspecified atom stereocenters. The molecule has 0 atom stereocenters. The van der Waals surface area contributed by atoms with E-state index in [1.54, 1.807) is 0 Å². The SMILES string of the molecule is CC1(C)CCC(CNC(N)=O)CC1. The topological polar surface area (TPSA) is 55.1 Å². The van der Waals surface area contributed by atoms with E-state index in [1.165, 1.54) is 25.7 Å². The van der Waals surface area contributed by atoms with Gasteiger partial charge in [0.2, 0.25) is 0 Å². The summed E-state index contributed by atoms with van der Waals surface area (Å²) in [6.45, 7) is 5.38. The number of hydrogen-bond acceptors (Lipinski definition) is 1. The Kier molecular flexibility index (Phi) is 3.17. The van der Waals surface area contributed by atoms with E-state index in [1.807, 2.05) is 0 Å². The van der Waals surface area contributed by atoms with E-state index in [0.717, 1.165) is 6.54 Å². The minimum Gasteiger partial charge on any atom is -0.352 e. The number of urea groups is 1. The maximum absolute atomic E-state index is 10.5. The van der Waals surface area contributed by atoms with Gasteiger partial charge in [0.1, 0.15) is 0 Å². The molecule has 3 heteroatoms. The van der Waals surface area contributed by atoms with E-state index < -0.39 is 6.03 Å². The monoisotopic (exact) mass is 184 g/mol. The van der Waals surface area contributed by atoms with E-state index in [-0.39, 0.29) is 0 Å². The number of carbonyl (C=O) groups excluding carboxylic acids is 1. The number of amides is 2. The number of primary amides is 1. The fourth-order valence-electron chi connectivity index (χ4n) is 1.91. The fraction of sp³-hybridized carbons (Fsp3) is 0.900. The van der Waals surface area contributed by atoms with Crippen molar-refractivity contribution in [1.29, 1.82) is 0 Å². The van der Waals surface area contributed by atoms with Gasteiger partial charge in [-0.05, 0) is 37.0 Å². The first-order chi connectivity index (χ1) is 5.99. The fourth-order valence-corrected chi connectivity index (χ4v) is 1.91. The zero-order valence-electron chi connectivity index (χ0n) is 8.60. The molecule has 0 radical (unpaired) electrons. The predicted molar refractivity (Wildman–Crippen MR) is 53.3 cm³/mol. The zero-order valence-corrected chi connectivity index (χ0v) is 8.60. The molecular weight excluding hydrogens is 164 g/mol. The highest BCUT2D eigenvalue weighted by Crippen LogP contribution is 2.37. The van der Waals surface area contributed by atoms with Crippen molar-refractivity contribution in [3.8, 4) is 0 Å². The molecule has 1 fully saturated rings. The van der Waals surface area contributed by atoms with Gasteiger partial charge in [0.25, 0.3) is 0 Å². The third-order valence-corrected chi connectivity index (χ3v) is 3.02. The van der Waals surface area contributed by atoms with Crippen LogP contribution < -0.4 is 11.1 Å². The van der Waals surface area contributed by atoms with Crippen LogP contribution in [0.2, 0.25) is 0 Å². The molecule has 1 aliphatic rings. The molecule has 3 nitrogen and oxygen atoms in total. The Hall–Kier alpha value is -0.730. The first kappa shape index (κ1) is 10.4. The summed E-state index contributed by atoms with van der Waals surface area (Å²) in [5, 5.41) is 2.68. The molecule has 0 heterocycles. The minimum absolute atomic E-state index is 0.398. The van der Waals surface area contributed by atoms with Gasteiger partial charge in [-0.25, -0.2) is 4.79 Å². The highest BCUT2D eigenvalue weighted by molar-refractivity contribution is 5.71. The zero-order chi connectivity index (χ0) is 9.90. The van der Waals surface area contributed by atoms with Crippen LogP contribution >= 0.6 is 0 Å². The van der Waals surface area contributed by atoms with E-state index in [4.69, 9.17) is 5.73 Å². The average Bonchev–Trinajstić information content (AvgIpc) is 2.02. The molecule has 1 saturated carbocycles. The molecule has 0 bridgehead atoms. The van der Waals surface area contributed by atoms with Crippen molar-refractivity contribution < 1.29 is 4.79 Å². The average molecular weight is 184 g/mol. The summed E-state index contributed by atoms with van der Waals surface area (Å²) in [6, 6.07) is -0.398. The number of nitrogens with one attached hydrogen (secondary N) is 1. The van der Waals surface area contributed by atoms with Crippen LogP contribution in [0.3, 0.4) is 0 Å². The molecule has 0 aromatic heterocycles. The van der Waals surface area contributed by atoms with E-state index in [0.29, 0.717) is 11.3 Å². The second-order valence-corrected chi connectivity index (χ2v) is 4.85. The highest BCUT2D eigenvalue weighted by Gasteiger charge is 2.26. The second kappa shape index (κ2) is 3.99. The van der Waals surface area contributed by atoms with Gasteiger partial charge in [0.15, 0.2) is 0 Å². The van der Waals surface area contributed by atoms with Crippen LogP contribution in [-0.2, 0) is 0 Å². The Morgan fingerprint density at radius 2 is 2.00 bits per heavy atom. The predicted octanol–water partition coefficient (Wildman–Crippen LogP) is 1.87. The van der Waals surface area contributed by atoms with Crippen molar-refractivity contribution in [3.05, 3.63) is 0 Å². The van der Waals surface area contributed by atoms with E-state index >= 15 is 0 Å². The quantitative estimate of drug-likeness (QED) is 0.676. The van der Waals surface area contributed by atoms with Gasteiger partial charge >= 0.3 is 6.03 Å². The minimum atomic E-state index is -0.398. The third kappa shape index (κ3) is 3.66. The maximum atomic E-state index is 10.5. The molecule has 3 N–H and O–H groups in total. The van der Waals surface area contributed by atoms with Gasteiger partial charge in [-0.15, -0.1) is 0 Å². The van der Waals surface area contributed by atoms with Gasteiger partial charge in [-0.1, -0.05) is 13.8 Å². The van der Waals surface area contributed by atoms with Crippen LogP contribution in [0.15, 0.2) is 0 Å². The standard InChI is InChI=1S/C10H20N2O/c1-10(2)5-3-8(4-6-10)7-12-9(11)13/h8H,3-7H2,1-2H3,(H3,11,12,13). The van der Waals surface area contributed by atoms with Gasteiger partial charge in [-0.2, -0.15) is 0 Å². The smallest absolute Gasteiger partial charge is 0.312 e. The summed E-state index contributed by atoms with van der Waals surface area (Å²) < 4.78 is 0. The maximum Gasteiger partial charge on any atom is 0.312 e. The molecular formula is C10H20N2O. The number of carbonyl (C=O) groups is 1. The highest BCUT2D eigenvalue weighted by atomic mass is 16.2. The molecule has 0 aromatic carbocycles. The lowest BCUT2D eigenvalue weighted by atomic mass is 9.73. The Labute approximate surface area is 80.1 Å². The first-order valence-electron chi connectivity index (χ1n) is 5.03. The molecule has 0 aliphatic heterocycles. The van der Waals surface area contributed by atoms with E-state index in [9.17, 15) is 4.79 Å². The molecule has 1 rings (SSSR count). The Bertz CT molecular complexity index is 179. The molecule has 0 aromatic rings. The summed E-state index contributed by atoms with van der Waals surface area (Å²) in [7, 11) is 0. The van der Waals surface area contributed by atoms with Gasteiger partial charge in [0, 0.05) is 6.54 Å². The molecule has 0 saturated heterocycles. The van der Waals surface area contributed by atoms with Crippen molar-refractivity contribution >= 4 is 6.03 Å².